The first-order valence-corrected chi connectivity index (χ1v) is 4.70. The van der Waals surface area contributed by atoms with Gasteiger partial charge in [0.2, 0.25) is 0 Å². The summed E-state index contributed by atoms with van der Waals surface area (Å²) in [5, 5.41) is 0. The third kappa shape index (κ3) is 3.28. The number of halogens is 1. The van der Waals surface area contributed by atoms with Crippen LogP contribution in [0.15, 0.2) is 18.3 Å². The van der Waals surface area contributed by atoms with Crippen LogP contribution < -0.4 is 11.5 Å². The van der Waals surface area contributed by atoms with Gasteiger partial charge >= 0.3 is 0 Å². The second kappa shape index (κ2) is 5.41. The van der Waals surface area contributed by atoms with Crippen LogP contribution in [-0.4, -0.2) is 23.6 Å². The van der Waals surface area contributed by atoms with E-state index in [1.54, 1.807) is 18.3 Å². The highest BCUT2D eigenvalue weighted by Gasteiger charge is 2.10. The predicted octanol–water partition coefficient (Wildman–Crippen LogP) is 0.410. The van der Waals surface area contributed by atoms with Crippen molar-refractivity contribution in [3.05, 3.63) is 29.6 Å². The molecule has 0 fully saturated rings. The van der Waals surface area contributed by atoms with Crippen LogP contribution in [0, 0.1) is 0 Å². The van der Waals surface area contributed by atoms with E-state index in [1.807, 2.05) is 0 Å². The number of nitrogens with two attached hydrogens (primary N) is 2. The molecule has 1 heterocycles. The van der Waals surface area contributed by atoms with E-state index in [4.69, 9.17) is 11.5 Å². The molecular weight excluding hydrogens is 197 g/mol. The summed E-state index contributed by atoms with van der Waals surface area (Å²) >= 11 is 0. The summed E-state index contributed by atoms with van der Waals surface area (Å²) in [6, 6.07) is 2.73. The van der Waals surface area contributed by atoms with Crippen LogP contribution in [0.1, 0.15) is 22.5 Å². The first-order chi connectivity index (χ1) is 7.15. The van der Waals surface area contributed by atoms with Gasteiger partial charge in [-0.15, -0.1) is 0 Å². The highest BCUT2D eigenvalue weighted by molar-refractivity contribution is 5.93. The maximum Gasteiger partial charge on any atom is 0.250 e. The molecule has 4 nitrogen and oxygen atoms in total. The minimum Gasteiger partial charge on any atom is -0.366 e. The van der Waals surface area contributed by atoms with E-state index >= 15 is 0 Å². The number of carbonyl (C=O) groups is 1. The molecule has 1 aromatic heterocycles. The molecule has 0 bridgehead atoms. The normalized spacial score (nSPS) is 12.4. The summed E-state index contributed by atoms with van der Waals surface area (Å²) in [6.45, 7) is -0.571. The molecule has 82 valence electrons. The molecule has 0 aliphatic heterocycles. The summed E-state index contributed by atoms with van der Waals surface area (Å²) in [5.74, 6) is -0.521. The lowest BCUT2D eigenvalue weighted by molar-refractivity contribution is 0.0999. The molecule has 0 aromatic carbocycles. The second-order valence-corrected chi connectivity index (χ2v) is 3.31. The zero-order valence-electron chi connectivity index (χ0n) is 8.32. The van der Waals surface area contributed by atoms with Gasteiger partial charge in [-0.3, -0.25) is 9.78 Å². The molecule has 0 saturated carbocycles. The zero-order chi connectivity index (χ0) is 11.3. The number of rotatable bonds is 5. The SMILES string of the molecule is NC(=O)c1cccnc1CC[C@H](N)CF. The molecule has 0 saturated heterocycles. The molecule has 1 rings (SSSR count). The predicted molar refractivity (Wildman–Crippen MR) is 55.0 cm³/mol. The number of nitrogens with zero attached hydrogens (tertiary/aromatic N) is 1. The molecule has 1 amide bonds. The summed E-state index contributed by atoms with van der Waals surface area (Å²) < 4.78 is 12.1. The van der Waals surface area contributed by atoms with Gasteiger partial charge in [0.25, 0.3) is 5.91 Å². The van der Waals surface area contributed by atoms with Gasteiger partial charge in [0.05, 0.1) is 11.3 Å². The molecule has 5 heteroatoms. The number of aryl methyl sites for hydroxylation is 1. The molecule has 0 radical (unpaired) electrons. The maximum atomic E-state index is 12.1. The quantitative estimate of drug-likeness (QED) is 0.740. The summed E-state index contributed by atoms with van der Waals surface area (Å²) in [5.41, 5.74) is 11.6. The molecule has 0 aliphatic carbocycles. The van der Waals surface area contributed by atoms with Crippen LogP contribution in [0.2, 0.25) is 0 Å². The largest absolute Gasteiger partial charge is 0.366 e. The Bertz CT molecular complexity index is 343. The Morgan fingerprint density at radius 3 is 2.93 bits per heavy atom. The van der Waals surface area contributed by atoms with Crippen molar-refractivity contribution in [1.82, 2.24) is 4.98 Å². The van der Waals surface area contributed by atoms with Crippen molar-refractivity contribution in [2.75, 3.05) is 6.67 Å². The molecule has 1 atom stereocenters. The number of aromatic nitrogens is 1. The van der Waals surface area contributed by atoms with Crippen LogP contribution >= 0.6 is 0 Å². The Kier molecular flexibility index (Phi) is 4.17. The maximum absolute atomic E-state index is 12.1. The van der Waals surface area contributed by atoms with Crippen LogP contribution in [0.25, 0.3) is 0 Å². The fourth-order valence-electron chi connectivity index (χ4n) is 1.26. The number of pyridine rings is 1. The third-order valence-electron chi connectivity index (χ3n) is 2.11. The Hall–Kier alpha value is -1.49. The van der Waals surface area contributed by atoms with Crippen molar-refractivity contribution in [2.45, 2.75) is 18.9 Å². The van der Waals surface area contributed by atoms with Gasteiger partial charge in [0.1, 0.15) is 6.67 Å². The average molecular weight is 211 g/mol. The van der Waals surface area contributed by atoms with Gasteiger partial charge in [-0.05, 0) is 25.0 Å². The number of carbonyl (C=O) groups excluding carboxylic acids is 1. The van der Waals surface area contributed by atoms with Gasteiger partial charge in [-0.2, -0.15) is 0 Å². The first-order valence-electron chi connectivity index (χ1n) is 4.70. The minimum absolute atomic E-state index is 0.378. The van der Waals surface area contributed by atoms with Crippen molar-refractivity contribution >= 4 is 5.91 Å². The number of hydrogen-bond donors (Lipinski definition) is 2. The topological polar surface area (TPSA) is 82.0 Å². The Morgan fingerprint density at radius 1 is 1.60 bits per heavy atom. The van der Waals surface area contributed by atoms with Crippen molar-refractivity contribution < 1.29 is 9.18 Å². The number of alkyl halides is 1. The van der Waals surface area contributed by atoms with Crippen molar-refractivity contribution in [2.24, 2.45) is 11.5 Å². The number of amides is 1. The van der Waals surface area contributed by atoms with Crippen LogP contribution in [0.4, 0.5) is 4.39 Å². The lowest BCUT2D eigenvalue weighted by Gasteiger charge is -2.08. The van der Waals surface area contributed by atoms with E-state index in [2.05, 4.69) is 4.98 Å². The van der Waals surface area contributed by atoms with Gasteiger partial charge in [0.15, 0.2) is 0 Å². The smallest absolute Gasteiger partial charge is 0.250 e. The number of primary amides is 1. The molecular formula is C10H14FN3O. The van der Waals surface area contributed by atoms with Crippen molar-refractivity contribution in [3.8, 4) is 0 Å². The number of hydrogen-bond acceptors (Lipinski definition) is 3. The average Bonchev–Trinajstić information content (AvgIpc) is 2.26. The van der Waals surface area contributed by atoms with E-state index in [1.165, 1.54) is 0 Å². The highest BCUT2D eigenvalue weighted by atomic mass is 19.1. The van der Waals surface area contributed by atoms with Crippen LogP contribution in [0.5, 0.6) is 0 Å². The Balaban J connectivity index is 2.72. The van der Waals surface area contributed by atoms with Gasteiger partial charge in [0, 0.05) is 12.2 Å². The molecule has 0 unspecified atom stereocenters. The fraction of sp³-hybridized carbons (Fsp3) is 0.400. The summed E-state index contributed by atoms with van der Waals surface area (Å²) in [7, 11) is 0. The van der Waals surface area contributed by atoms with Crippen molar-refractivity contribution in [1.29, 1.82) is 0 Å². The Morgan fingerprint density at radius 2 is 2.33 bits per heavy atom. The summed E-state index contributed by atoms with van der Waals surface area (Å²) in [4.78, 5) is 15.0. The molecule has 0 aliphatic rings. The second-order valence-electron chi connectivity index (χ2n) is 3.31. The van der Waals surface area contributed by atoms with Crippen LogP contribution in [-0.2, 0) is 6.42 Å². The van der Waals surface area contributed by atoms with Crippen molar-refractivity contribution in [3.63, 3.8) is 0 Å². The lowest BCUT2D eigenvalue weighted by Crippen LogP contribution is -2.24. The van der Waals surface area contributed by atoms with Gasteiger partial charge in [-0.1, -0.05) is 0 Å². The van der Waals surface area contributed by atoms with E-state index in [0.717, 1.165) is 0 Å². The molecule has 1 aromatic rings. The van der Waals surface area contributed by atoms with E-state index in [-0.39, 0.29) is 0 Å². The van der Waals surface area contributed by atoms with Crippen LogP contribution in [0.3, 0.4) is 0 Å². The van der Waals surface area contributed by atoms with E-state index in [0.29, 0.717) is 24.1 Å². The van der Waals surface area contributed by atoms with E-state index < -0.39 is 18.6 Å². The van der Waals surface area contributed by atoms with E-state index in [9.17, 15) is 9.18 Å². The monoisotopic (exact) mass is 211 g/mol. The Labute approximate surface area is 87.5 Å². The summed E-state index contributed by atoms with van der Waals surface area (Å²) in [6.07, 6.45) is 2.49. The molecule has 0 spiro atoms. The minimum atomic E-state index is -0.571. The zero-order valence-corrected chi connectivity index (χ0v) is 8.32. The standard InChI is InChI=1S/C10H14FN3O/c11-6-7(12)3-4-9-8(10(13)15)2-1-5-14-9/h1-2,5,7H,3-4,6,12H2,(H2,13,15)/t7-/m0/s1. The first kappa shape index (κ1) is 11.6. The highest BCUT2D eigenvalue weighted by Crippen LogP contribution is 2.08. The fourth-order valence-corrected chi connectivity index (χ4v) is 1.26. The molecule has 4 N–H and O–H groups in total. The third-order valence-corrected chi connectivity index (χ3v) is 2.11. The molecule has 15 heavy (non-hydrogen) atoms. The lowest BCUT2D eigenvalue weighted by atomic mass is 10.1. The van der Waals surface area contributed by atoms with Gasteiger partial charge in [-0.25, -0.2) is 4.39 Å². The van der Waals surface area contributed by atoms with Gasteiger partial charge < -0.3 is 11.5 Å².